The van der Waals surface area contributed by atoms with Crippen molar-refractivity contribution in [2.24, 2.45) is 7.05 Å². The number of aliphatic hydroxyl groups excluding tert-OH is 1. The number of aliphatic hydroxyl groups is 1. The summed E-state index contributed by atoms with van der Waals surface area (Å²) in [4.78, 5) is 37.6. The van der Waals surface area contributed by atoms with E-state index in [1.54, 1.807) is 48.6 Å². The molecule has 10 heteroatoms. The van der Waals surface area contributed by atoms with E-state index in [2.05, 4.69) is 9.97 Å². The van der Waals surface area contributed by atoms with Crippen molar-refractivity contribution in [1.82, 2.24) is 24.2 Å². The zero-order valence-electron chi connectivity index (χ0n) is 21.0. The van der Waals surface area contributed by atoms with Crippen molar-refractivity contribution < 1.29 is 14.3 Å². The topological polar surface area (TPSA) is 96.5 Å². The predicted molar refractivity (Wildman–Crippen MR) is 139 cm³/mol. The van der Waals surface area contributed by atoms with Crippen LogP contribution in [0.1, 0.15) is 25.5 Å². The summed E-state index contributed by atoms with van der Waals surface area (Å²) in [6, 6.07) is 11.7. The molecule has 192 valence electrons. The van der Waals surface area contributed by atoms with Crippen LogP contribution in [0.3, 0.4) is 0 Å². The standard InChI is InChI=1S/C27H29FN6O3/c1-17-15-32(10-11-33(17)25(36)16-35)27-29-13-20(14-30-27)19-8-9-22-24(12-19)34(31(3)26(22)37)18(2)21-6-4-5-7-23(21)28/h4-9,12-14,17-18,35H,10-11,15-16H2,1-3H3/t17-,18+/m1/s1. The molecule has 0 unspecified atom stereocenters. The molecule has 0 saturated carbocycles. The molecule has 0 aliphatic carbocycles. The lowest BCUT2D eigenvalue weighted by molar-refractivity contribution is -0.136. The molecule has 2 atom stereocenters. The van der Waals surface area contributed by atoms with Gasteiger partial charge in [-0.25, -0.2) is 14.4 Å². The van der Waals surface area contributed by atoms with E-state index in [9.17, 15) is 14.0 Å². The summed E-state index contributed by atoms with van der Waals surface area (Å²) in [6.07, 6.45) is 3.48. The lowest BCUT2D eigenvalue weighted by atomic mass is 10.1. The first-order valence-electron chi connectivity index (χ1n) is 12.2. The first kappa shape index (κ1) is 24.6. The van der Waals surface area contributed by atoms with Crippen molar-refractivity contribution in [2.75, 3.05) is 31.1 Å². The van der Waals surface area contributed by atoms with E-state index in [0.29, 0.717) is 42.0 Å². The van der Waals surface area contributed by atoms with E-state index in [1.807, 2.05) is 35.6 Å². The van der Waals surface area contributed by atoms with Gasteiger partial charge in [-0.15, -0.1) is 0 Å². The lowest BCUT2D eigenvalue weighted by Gasteiger charge is -2.39. The maximum atomic E-state index is 14.6. The number of halogens is 1. The molecule has 0 spiro atoms. The normalized spacial score (nSPS) is 16.8. The van der Waals surface area contributed by atoms with Crippen LogP contribution in [0.4, 0.5) is 10.3 Å². The molecular formula is C27H29FN6O3. The van der Waals surface area contributed by atoms with Crippen molar-refractivity contribution in [3.8, 4) is 11.1 Å². The summed E-state index contributed by atoms with van der Waals surface area (Å²) < 4.78 is 17.9. The van der Waals surface area contributed by atoms with Gasteiger partial charge >= 0.3 is 0 Å². The average Bonchev–Trinajstić information content (AvgIpc) is 3.17. The van der Waals surface area contributed by atoms with E-state index in [0.717, 1.165) is 11.1 Å². The number of anilines is 1. The van der Waals surface area contributed by atoms with Gasteiger partial charge in [0.05, 0.1) is 16.9 Å². The van der Waals surface area contributed by atoms with E-state index < -0.39 is 12.6 Å². The van der Waals surface area contributed by atoms with Crippen molar-refractivity contribution >= 4 is 22.8 Å². The number of amides is 1. The third kappa shape index (κ3) is 4.37. The molecule has 1 fully saturated rings. The Balaban J connectivity index is 1.45. The smallest absolute Gasteiger partial charge is 0.274 e. The highest BCUT2D eigenvalue weighted by atomic mass is 19.1. The minimum absolute atomic E-state index is 0.0645. The molecule has 1 saturated heterocycles. The minimum Gasteiger partial charge on any atom is -0.387 e. The Bertz CT molecular complexity index is 1510. The van der Waals surface area contributed by atoms with E-state index >= 15 is 0 Å². The number of carbonyl (C=O) groups excluding carboxylic acids is 1. The molecule has 3 heterocycles. The molecule has 1 N–H and O–H groups in total. The quantitative estimate of drug-likeness (QED) is 0.449. The van der Waals surface area contributed by atoms with Crippen LogP contribution in [0.5, 0.6) is 0 Å². The Hall–Kier alpha value is -4.05. The molecule has 1 aliphatic rings. The van der Waals surface area contributed by atoms with E-state index in [4.69, 9.17) is 5.11 Å². The molecule has 1 amide bonds. The molecule has 1 aliphatic heterocycles. The zero-order chi connectivity index (χ0) is 26.3. The molecule has 0 radical (unpaired) electrons. The summed E-state index contributed by atoms with van der Waals surface area (Å²) in [7, 11) is 1.69. The molecule has 0 bridgehead atoms. The van der Waals surface area contributed by atoms with Crippen molar-refractivity contribution in [2.45, 2.75) is 25.9 Å². The van der Waals surface area contributed by atoms with Crippen LogP contribution in [0.2, 0.25) is 0 Å². The van der Waals surface area contributed by atoms with Crippen LogP contribution >= 0.6 is 0 Å². The molecule has 2 aromatic carbocycles. The maximum Gasteiger partial charge on any atom is 0.274 e. The summed E-state index contributed by atoms with van der Waals surface area (Å²) in [5, 5.41) is 9.71. The Morgan fingerprint density at radius 3 is 2.54 bits per heavy atom. The van der Waals surface area contributed by atoms with Gasteiger partial charge < -0.3 is 14.9 Å². The molecule has 37 heavy (non-hydrogen) atoms. The molecule has 5 rings (SSSR count). The van der Waals surface area contributed by atoms with Gasteiger partial charge in [0.1, 0.15) is 12.4 Å². The number of hydrogen-bond acceptors (Lipinski definition) is 6. The summed E-state index contributed by atoms with van der Waals surface area (Å²) >= 11 is 0. The Morgan fingerprint density at radius 2 is 1.86 bits per heavy atom. The number of aromatic nitrogens is 4. The van der Waals surface area contributed by atoms with Crippen molar-refractivity contribution in [3.05, 3.63) is 76.6 Å². The number of piperazine rings is 1. The third-order valence-corrected chi connectivity index (χ3v) is 7.15. The number of carbonyl (C=O) groups is 1. The molecular weight excluding hydrogens is 475 g/mol. The van der Waals surface area contributed by atoms with Crippen LogP contribution < -0.4 is 10.5 Å². The number of hydrogen-bond donors (Lipinski definition) is 1. The number of benzene rings is 2. The number of nitrogens with zero attached hydrogens (tertiary/aromatic N) is 6. The maximum absolute atomic E-state index is 14.6. The Labute approximate surface area is 213 Å². The van der Waals surface area contributed by atoms with Crippen LogP contribution in [-0.2, 0) is 11.8 Å². The van der Waals surface area contributed by atoms with Crippen molar-refractivity contribution in [3.63, 3.8) is 0 Å². The highest BCUT2D eigenvalue weighted by Crippen LogP contribution is 2.28. The fourth-order valence-corrected chi connectivity index (χ4v) is 5.16. The third-order valence-electron chi connectivity index (χ3n) is 7.15. The summed E-state index contributed by atoms with van der Waals surface area (Å²) in [6.45, 7) is 4.96. The van der Waals surface area contributed by atoms with Crippen LogP contribution in [0, 0.1) is 5.82 Å². The fourth-order valence-electron chi connectivity index (χ4n) is 5.16. The van der Waals surface area contributed by atoms with Gasteiger partial charge in [-0.3, -0.25) is 19.0 Å². The van der Waals surface area contributed by atoms with Gasteiger partial charge in [0, 0.05) is 56.2 Å². The first-order valence-corrected chi connectivity index (χ1v) is 12.2. The number of rotatable bonds is 5. The van der Waals surface area contributed by atoms with Gasteiger partial charge in [-0.1, -0.05) is 24.3 Å². The van der Waals surface area contributed by atoms with Gasteiger partial charge in [0.2, 0.25) is 11.9 Å². The van der Waals surface area contributed by atoms with Gasteiger partial charge in [-0.2, -0.15) is 0 Å². The van der Waals surface area contributed by atoms with Crippen molar-refractivity contribution in [1.29, 1.82) is 0 Å². The lowest BCUT2D eigenvalue weighted by Crippen LogP contribution is -2.55. The highest BCUT2D eigenvalue weighted by Gasteiger charge is 2.28. The fraction of sp³-hybridized carbons (Fsp3) is 0.333. The monoisotopic (exact) mass is 504 g/mol. The SMILES string of the molecule is C[C@@H]1CN(c2ncc(-c3ccc4c(=O)n(C)n([C@@H](C)c5ccccc5F)c4c3)cn2)CCN1C(=O)CO. The molecule has 9 nitrogen and oxygen atoms in total. The van der Waals surface area contributed by atoms with Crippen LogP contribution in [0.25, 0.3) is 22.0 Å². The highest BCUT2D eigenvalue weighted by molar-refractivity contribution is 5.84. The summed E-state index contributed by atoms with van der Waals surface area (Å²) in [5.41, 5.74) is 2.68. The second-order valence-electron chi connectivity index (χ2n) is 9.41. The number of fused-ring (bicyclic) bond motifs is 1. The summed E-state index contributed by atoms with van der Waals surface area (Å²) in [5.74, 6) is -0.0274. The van der Waals surface area contributed by atoms with E-state index in [1.165, 1.54) is 10.7 Å². The first-order chi connectivity index (χ1) is 17.8. The molecule has 4 aromatic rings. The second-order valence-corrected chi connectivity index (χ2v) is 9.41. The minimum atomic E-state index is -0.492. The average molecular weight is 505 g/mol. The van der Waals surface area contributed by atoms with Gasteiger partial charge in [-0.05, 0) is 37.6 Å². The van der Waals surface area contributed by atoms with Gasteiger partial charge in [0.15, 0.2) is 0 Å². The Kier molecular flexibility index (Phi) is 6.51. The van der Waals surface area contributed by atoms with Crippen LogP contribution in [0.15, 0.2) is 59.7 Å². The second kappa shape index (κ2) is 9.78. The largest absolute Gasteiger partial charge is 0.387 e. The van der Waals surface area contributed by atoms with E-state index in [-0.39, 0.29) is 23.3 Å². The van der Waals surface area contributed by atoms with Gasteiger partial charge in [0.25, 0.3) is 5.56 Å². The van der Waals surface area contributed by atoms with Crippen LogP contribution in [-0.4, -0.2) is 67.5 Å². The molecule has 2 aromatic heterocycles. The zero-order valence-corrected chi connectivity index (χ0v) is 21.0. The predicted octanol–water partition coefficient (Wildman–Crippen LogP) is 2.57. The Morgan fingerprint density at radius 1 is 1.14 bits per heavy atom.